The lowest BCUT2D eigenvalue weighted by molar-refractivity contribution is -0.130. The Morgan fingerprint density at radius 2 is 1.67 bits per heavy atom. The van der Waals surface area contributed by atoms with Gasteiger partial charge >= 0.3 is 0 Å². The molecule has 3 aromatic rings. The van der Waals surface area contributed by atoms with Gasteiger partial charge in [-0.3, -0.25) is 4.79 Å². The molecular weight excluding hydrogens is 438 g/mol. The van der Waals surface area contributed by atoms with Crippen molar-refractivity contribution in [2.24, 2.45) is 5.92 Å². The summed E-state index contributed by atoms with van der Waals surface area (Å²) in [5.74, 6) is 0.989. The third-order valence-electron chi connectivity index (χ3n) is 6.70. The molecule has 0 saturated carbocycles. The van der Waals surface area contributed by atoms with Gasteiger partial charge in [-0.25, -0.2) is 10.9 Å². The van der Waals surface area contributed by atoms with Crippen molar-refractivity contribution in [1.29, 1.82) is 0 Å². The van der Waals surface area contributed by atoms with E-state index in [-0.39, 0.29) is 35.7 Å². The van der Waals surface area contributed by atoms with E-state index in [1.807, 2.05) is 65.6 Å². The second kappa shape index (κ2) is 9.06. The maximum absolute atomic E-state index is 13.5. The summed E-state index contributed by atoms with van der Waals surface area (Å²) in [4.78, 5) is 15.5. The number of benzene rings is 3. The number of carbonyl (C=O) groups excluding carboxylic acids is 1. The molecule has 1 amide bonds. The van der Waals surface area contributed by atoms with E-state index < -0.39 is 0 Å². The molecule has 170 valence electrons. The number of amides is 1. The van der Waals surface area contributed by atoms with E-state index in [4.69, 9.17) is 16.3 Å². The van der Waals surface area contributed by atoms with Gasteiger partial charge in [0.05, 0.1) is 19.2 Å². The smallest absolute Gasteiger partial charge is 0.242 e. The number of carbonyl (C=O) groups is 1. The van der Waals surface area contributed by atoms with Crippen LogP contribution in [-0.4, -0.2) is 35.6 Å². The molecule has 2 saturated heterocycles. The Kier molecular flexibility index (Phi) is 5.98. The molecule has 0 spiro atoms. The Morgan fingerprint density at radius 1 is 0.970 bits per heavy atom. The summed E-state index contributed by atoms with van der Waals surface area (Å²) in [5, 5.41) is 11.2. The van der Waals surface area contributed by atoms with Gasteiger partial charge in [0.2, 0.25) is 5.91 Å². The molecule has 0 radical (unpaired) electrons. The SMILES string of the molecule is COc1ccc(CCN2C(=O)C3NNC(c4ccccc4O)C3C2c2ccc(Cl)cc2)cc1. The summed E-state index contributed by atoms with van der Waals surface area (Å²) in [6, 6.07) is 22.2. The number of hydrogen-bond acceptors (Lipinski definition) is 5. The van der Waals surface area contributed by atoms with Crippen LogP contribution in [0.2, 0.25) is 5.02 Å². The lowest BCUT2D eigenvalue weighted by Gasteiger charge is -2.31. The second-order valence-electron chi connectivity index (χ2n) is 8.51. The average Bonchev–Trinajstić information content (AvgIpc) is 3.38. The molecule has 2 aliphatic heterocycles. The Balaban J connectivity index is 1.48. The number of nitrogens with zero attached hydrogens (tertiary/aromatic N) is 1. The topological polar surface area (TPSA) is 73.8 Å². The molecule has 0 bridgehead atoms. The minimum Gasteiger partial charge on any atom is -0.508 e. The highest BCUT2D eigenvalue weighted by Crippen LogP contribution is 2.48. The van der Waals surface area contributed by atoms with E-state index in [0.29, 0.717) is 11.6 Å². The second-order valence-corrected chi connectivity index (χ2v) is 8.94. The zero-order valence-electron chi connectivity index (χ0n) is 18.2. The van der Waals surface area contributed by atoms with Crippen molar-refractivity contribution >= 4 is 17.5 Å². The van der Waals surface area contributed by atoms with Gasteiger partial charge < -0.3 is 14.7 Å². The Hall–Kier alpha value is -3.06. The summed E-state index contributed by atoms with van der Waals surface area (Å²) >= 11 is 6.16. The fourth-order valence-electron chi connectivity index (χ4n) is 5.07. The fourth-order valence-corrected chi connectivity index (χ4v) is 5.19. The third-order valence-corrected chi connectivity index (χ3v) is 6.95. The predicted octanol–water partition coefficient (Wildman–Crippen LogP) is 4.01. The third kappa shape index (κ3) is 4.06. The van der Waals surface area contributed by atoms with E-state index in [1.165, 1.54) is 0 Å². The number of likely N-dealkylation sites (tertiary alicyclic amines) is 1. The summed E-state index contributed by atoms with van der Waals surface area (Å²) in [6.45, 7) is 0.584. The van der Waals surface area contributed by atoms with Gasteiger partial charge in [0, 0.05) is 23.0 Å². The first-order chi connectivity index (χ1) is 16.1. The number of aromatic hydroxyl groups is 1. The molecule has 33 heavy (non-hydrogen) atoms. The van der Waals surface area contributed by atoms with Crippen LogP contribution in [0.1, 0.15) is 28.8 Å². The largest absolute Gasteiger partial charge is 0.508 e. The average molecular weight is 464 g/mol. The van der Waals surface area contributed by atoms with Crippen LogP contribution in [0.25, 0.3) is 0 Å². The van der Waals surface area contributed by atoms with Crippen LogP contribution >= 0.6 is 11.6 Å². The molecule has 5 rings (SSSR count). The Morgan fingerprint density at radius 3 is 2.36 bits per heavy atom. The lowest BCUT2D eigenvalue weighted by atomic mass is 9.83. The van der Waals surface area contributed by atoms with Gasteiger partial charge in [-0.2, -0.15) is 0 Å². The fraction of sp³-hybridized carbons (Fsp3) is 0.269. The molecule has 7 heteroatoms. The van der Waals surface area contributed by atoms with E-state index in [9.17, 15) is 9.90 Å². The van der Waals surface area contributed by atoms with Crippen molar-refractivity contribution < 1.29 is 14.6 Å². The zero-order chi connectivity index (χ0) is 22.9. The number of fused-ring (bicyclic) bond motifs is 1. The van der Waals surface area contributed by atoms with Gasteiger partial charge in [-0.05, 0) is 47.9 Å². The molecule has 4 unspecified atom stereocenters. The molecule has 2 aliphatic rings. The Bertz CT molecular complexity index is 1140. The minimum atomic E-state index is -0.383. The van der Waals surface area contributed by atoms with Crippen molar-refractivity contribution in [2.75, 3.05) is 13.7 Å². The van der Waals surface area contributed by atoms with Gasteiger partial charge in [0.1, 0.15) is 17.5 Å². The van der Waals surface area contributed by atoms with Crippen LogP contribution in [-0.2, 0) is 11.2 Å². The number of hydrogen-bond donors (Lipinski definition) is 3. The van der Waals surface area contributed by atoms with Gasteiger partial charge in [0.15, 0.2) is 0 Å². The molecule has 2 fully saturated rings. The number of halogens is 1. The molecule has 4 atom stereocenters. The first kappa shape index (κ1) is 21.8. The van der Waals surface area contributed by atoms with Crippen LogP contribution in [0.5, 0.6) is 11.5 Å². The predicted molar refractivity (Wildman–Crippen MR) is 127 cm³/mol. The summed E-state index contributed by atoms with van der Waals surface area (Å²) in [5.41, 5.74) is 9.42. The summed E-state index contributed by atoms with van der Waals surface area (Å²) in [6.07, 6.45) is 0.730. The lowest BCUT2D eigenvalue weighted by Crippen LogP contribution is -2.42. The van der Waals surface area contributed by atoms with Gasteiger partial charge in [-0.1, -0.05) is 54.1 Å². The molecule has 3 N–H and O–H groups in total. The van der Waals surface area contributed by atoms with Crippen molar-refractivity contribution in [3.05, 3.63) is 94.5 Å². The number of ether oxygens (including phenoxy) is 1. The van der Waals surface area contributed by atoms with Gasteiger partial charge in [0.25, 0.3) is 0 Å². The Labute approximate surface area is 198 Å². The number of rotatable bonds is 6. The standard InChI is InChI=1S/C26H26ClN3O3/c1-33-19-12-6-16(7-13-19)14-15-30-25(17-8-10-18(27)11-9-17)22-23(28-29-24(22)26(30)32)20-4-2-3-5-21(20)31/h2-13,22-25,28-29,31H,14-15H2,1H3. The first-order valence-electron chi connectivity index (χ1n) is 11.0. The van der Waals surface area contributed by atoms with E-state index in [1.54, 1.807) is 19.2 Å². The number of phenolic OH excluding ortho intramolecular Hbond substituents is 1. The van der Waals surface area contributed by atoms with Crippen LogP contribution < -0.4 is 15.6 Å². The van der Waals surface area contributed by atoms with E-state index in [2.05, 4.69) is 10.9 Å². The first-order valence-corrected chi connectivity index (χ1v) is 11.4. The number of hydrazine groups is 1. The van der Waals surface area contributed by atoms with Crippen LogP contribution in [0.3, 0.4) is 0 Å². The highest BCUT2D eigenvalue weighted by Gasteiger charge is 2.55. The molecule has 0 aromatic heterocycles. The summed E-state index contributed by atoms with van der Waals surface area (Å²) in [7, 11) is 1.65. The molecule has 3 aromatic carbocycles. The number of nitrogens with one attached hydrogen (secondary N) is 2. The van der Waals surface area contributed by atoms with Gasteiger partial charge in [-0.15, -0.1) is 0 Å². The maximum Gasteiger partial charge on any atom is 0.242 e. The molecule has 0 aliphatic carbocycles. The van der Waals surface area contributed by atoms with Crippen molar-refractivity contribution in [2.45, 2.75) is 24.5 Å². The number of phenols is 1. The highest BCUT2D eigenvalue weighted by molar-refractivity contribution is 6.30. The van der Waals surface area contributed by atoms with Crippen LogP contribution in [0.4, 0.5) is 0 Å². The monoisotopic (exact) mass is 463 g/mol. The summed E-state index contributed by atoms with van der Waals surface area (Å²) < 4.78 is 5.25. The van der Waals surface area contributed by atoms with Crippen molar-refractivity contribution in [3.63, 3.8) is 0 Å². The molecule has 2 heterocycles. The minimum absolute atomic E-state index is 0.0545. The van der Waals surface area contributed by atoms with E-state index in [0.717, 1.165) is 28.9 Å². The normalized spacial score (nSPS) is 24.2. The van der Waals surface area contributed by atoms with Crippen molar-refractivity contribution in [3.8, 4) is 11.5 Å². The maximum atomic E-state index is 13.5. The highest BCUT2D eigenvalue weighted by atomic mass is 35.5. The quantitative estimate of drug-likeness (QED) is 0.515. The number of para-hydroxylation sites is 1. The zero-order valence-corrected chi connectivity index (χ0v) is 19.0. The molecule has 6 nitrogen and oxygen atoms in total. The van der Waals surface area contributed by atoms with Crippen LogP contribution in [0.15, 0.2) is 72.8 Å². The number of methoxy groups -OCH3 is 1. The van der Waals surface area contributed by atoms with Crippen LogP contribution in [0, 0.1) is 5.92 Å². The van der Waals surface area contributed by atoms with Crippen molar-refractivity contribution in [1.82, 2.24) is 15.8 Å². The molecular formula is C26H26ClN3O3. The van der Waals surface area contributed by atoms with E-state index >= 15 is 0 Å².